The van der Waals surface area contributed by atoms with Gasteiger partial charge in [0.25, 0.3) is 0 Å². The molecule has 0 unspecified atom stereocenters. The lowest BCUT2D eigenvalue weighted by atomic mass is 10.2. The molecule has 0 saturated heterocycles. The Bertz CT molecular complexity index is 777. The van der Waals surface area contributed by atoms with Crippen molar-refractivity contribution in [1.82, 2.24) is 14.5 Å². The Morgan fingerprint density at radius 3 is 2.65 bits per heavy atom. The molecule has 2 aromatic heterocycles. The van der Waals surface area contributed by atoms with Gasteiger partial charge in [-0.2, -0.15) is 0 Å². The smallest absolute Gasteiger partial charge is 0.160 e. The second-order valence-corrected chi connectivity index (χ2v) is 5.42. The van der Waals surface area contributed by atoms with Gasteiger partial charge in [0.15, 0.2) is 5.82 Å². The average Bonchev–Trinajstić information content (AvgIpc) is 2.77. The first-order chi connectivity index (χ1) is 9.56. The second-order valence-electron chi connectivity index (χ2n) is 4.98. The molecule has 0 saturated carbocycles. The highest BCUT2D eigenvalue weighted by molar-refractivity contribution is 6.31. The van der Waals surface area contributed by atoms with Gasteiger partial charge in [-0.3, -0.25) is 0 Å². The van der Waals surface area contributed by atoms with Crippen LogP contribution in [0.15, 0.2) is 36.4 Å². The number of aromatic nitrogens is 3. The molecule has 3 aromatic rings. The van der Waals surface area contributed by atoms with E-state index < -0.39 is 0 Å². The molecule has 0 aliphatic carbocycles. The van der Waals surface area contributed by atoms with Gasteiger partial charge in [-0.05, 0) is 44.2 Å². The van der Waals surface area contributed by atoms with E-state index in [-0.39, 0.29) is 6.04 Å². The third-order valence-corrected chi connectivity index (χ3v) is 3.40. The van der Waals surface area contributed by atoms with Gasteiger partial charge in [0.05, 0.1) is 11.0 Å². The molecule has 102 valence electrons. The first-order valence-electron chi connectivity index (χ1n) is 6.46. The number of anilines is 1. The van der Waals surface area contributed by atoms with E-state index in [1.807, 2.05) is 30.3 Å². The lowest BCUT2D eigenvalue weighted by Crippen LogP contribution is -2.04. The summed E-state index contributed by atoms with van der Waals surface area (Å²) in [4.78, 5) is 9.04. The van der Waals surface area contributed by atoms with Gasteiger partial charge in [0.2, 0.25) is 0 Å². The molecule has 3 rings (SSSR count). The number of hydrogen-bond donors (Lipinski definition) is 1. The van der Waals surface area contributed by atoms with Crippen LogP contribution in [0.1, 0.15) is 19.9 Å². The van der Waals surface area contributed by atoms with E-state index in [0.29, 0.717) is 10.8 Å². The van der Waals surface area contributed by atoms with Crippen molar-refractivity contribution in [1.29, 1.82) is 0 Å². The van der Waals surface area contributed by atoms with Crippen LogP contribution in [0.3, 0.4) is 0 Å². The van der Waals surface area contributed by atoms with Crippen molar-refractivity contribution >= 4 is 28.5 Å². The number of fused-ring (bicyclic) bond motifs is 1. The minimum Gasteiger partial charge on any atom is -0.384 e. The van der Waals surface area contributed by atoms with Crippen LogP contribution < -0.4 is 5.73 Å². The summed E-state index contributed by atoms with van der Waals surface area (Å²) in [7, 11) is 0. The maximum Gasteiger partial charge on any atom is 0.160 e. The number of nitrogen functional groups attached to an aromatic ring is 1. The van der Waals surface area contributed by atoms with Gasteiger partial charge in [-0.15, -0.1) is 0 Å². The molecule has 0 fully saturated rings. The predicted molar refractivity (Wildman–Crippen MR) is 82.8 cm³/mol. The van der Waals surface area contributed by atoms with Gasteiger partial charge in [-0.1, -0.05) is 17.7 Å². The van der Waals surface area contributed by atoms with E-state index in [9.17, 15) is 0 Å². The lowest BCUT2D eigenvalue weighted by Gasteiger charge is -2.12. The van der Waals surface area contributed by atoms with Gasteiger partial charge in [0.1, 0.15) is 11.5 Å². The van der Waals surface area contributed by atoms with E-state index in [1.54, 1.807) is 6.07 Å². The summed E-state index contributed by atoms with van der Waals surface area (Å²) in [6.07, 6.45) is 0. The fourth-order valence-corrected chi connectivity index (χ4v) is 2.51. The fourth-order valence-electron chi connectivity index (χ4n) is 2.35. The molecule has 0 bridgehead atoms. The van der Waals surface area contributed by atoms with E-state index in [4.69, 9.17) is 17.3 Å². The van der Waals surface area contributed by atoms with Crippen molar-refractivity contribution in [2.75, 3.05) is 5.73 Å². The Morgan fingerprint density at radius 2 is 1.95 bits per heavy atom. The van der Waals surface area contributed by atoms with Crippen LogP contribution in [0, 0.1) is 0 Å². The normalized spacial score (nSPS) is 11.4. The van der Waals surface area contributed by atoms with E-state index in [1.165, 1.54) is 0 Å². The maximum absolute atomic E-state index is 6.10. The van der Waals surface area contributed by atoms with Crippen molar-refractivity contribution in [2.45, 2.75) is 19.9 Å². The number of halogens is 1. The Hall–Kier alpha value is -2.07. The molecule has 2 heterocycles. The van der Waals surface area contributed by atoms with Gasteiger partial charge >= 0.3 is 0 Å². The number of imidazole rings is 1. The fraction of sp³-hybridized carbons (Fsp3) is 0.200. The third-order valence-electron chi connectivity index (χ3n) is 3.17. The minimum absolute atomic E-state index is 0.247. The molecule has 4 nitrogen and oxygen atoms in total. The Labute approximate surface area is 122 Å². The molecule has 0 atom stereocenters. The molecule has 5 heteroatoms. The molecular weight excluding hydrogens is 272 g/mol. The Kier molecular flexibility index (Phi) is 3.10. The predicted octanol–water partition coefficient (Wildman–Crippen LogP) is 3.91. The molecule has 0 amide bonds. The molecule has 0 radical (unpaired) electrons. The van der Waals surface area contributed by atoms with Crippen LogP contribution in [-0.2, 0) is 0 Å². The van der Waals surface area contributed by atoms with Crippen molar-refractivity contribution in [3.8, 4) is 11.5 Å². The lowest BCUT2D eigenvalue weighted by molar-refractivity contribution is 0.623. The van der Waals surface area contributed by atoms with E-state index >= 15 is 0 Å². The van der Waals surface area contributed by atoms with Gasteiger partial charge in [0, 0.05) is 11.1 Å². The summed E-state index contributed by atoms with van der Waals surface area (Å²) in [5, 5.41) is 0.700. The molecule has 20 heavy (non-hydrogen) atoms. The quantitative estimate of drug-likeness (QED) is 0.777. The standard InChI is InChI=1S/C15H15ClN4/c1-9(2)20-13-8-10(16)6-7-11(13)19-15(20)12-4-3-5-14(17)18-12/h3-9H,1-2H3,(H2,17,18). The topological polar surface area (TPSA) is 56.7 Å². The highest BCUT2D eigenvalue weighted by Crippen LogP contribution is 2.29. The van der Waals surface area contributed by atoms with Crippen molar-refractivity contribution < 1.29 is 0 Å². The average molecular weight is 287 g/mol. The minimum atomic E-state index is 0.247. The highest BCUT2D eigenvalue weighted by atomic mass is 35.5. The summed E-state index contributed by atoms with van der Waals surface area (Å²) < 4.78 is 2.13. The van der Waals surface area contributed by atoms with Crippen LogP contribution in [0.25, 0.3) is 22.6 Å². The van der Waals surface area contributed by atoms with Crippen LogP contribution in [0.2, 0.25) is 5.02 Å². The number of benzene rings is 1. The SMILES string of the molecule is CC(C)n1c(-c2cccc(N)n2)nc2ccc(Cl)cc21. The first kappa shape index (κ1) is 12.9. The molecular formula is C15H15ClN4. The summed E-state index contributed by atoms with van der Waals surface area (Å²) in [5.74, 6) is 1.30. The zero-order valence-electron chi connectivity index (χ0n) is 11.3. The van der Waals surface area contributed by atoms with E-state index in [0.717, 1.165) is 22.6 Å². The molecule has 1 aromatic carbocycles. The van der Waals surface area contributed by atoms with Gasteiger partial charge in [-0.25, -0.2) is 9.97 Å². The van der Waals surface area contributed by atoms with Crippen LogP contribution in [0.5, 0.6) is 0 Å². The molecule has 2 N–H and O–H groups in total. The van der Waals surface area contributed by atoms with Crippen molar-refractivity contribution in [3.63, 3.8) is 0 Å². The summed E-state index contributed by atoms with van der Waals surface area (Å²) in [6.45, 7) is 4.22. The van der Waals surface area contributed by atoms with Crippen molar-refractivity contribution in [3.05, 3.63) is 41.4 Å². The number of nitrogens with zero attached hydrogens (tertiary/aromatic N) is 3. The van der Waals surface area contributed by atoms with Gasteiger partial charge < -0.3 is 10.3 Å². The molecule has 0 spiro atoms. The number of nitrogens with two attached hydrogens (primary N) is 1. The van der Waals surface area contributed by atoms with Crippen LogP contribution >= 0.6 is 11.6 Å². The molecule has 0 aliphatic heterocycles. The number of rotatable bonds is 2. The maximum atomic E-state index is 6.10. The highest BCUT2D eigenvalue weighted by Gasteiger charge is 2.16. The molecule has 0 aliphatic rings. The number of pyridine rings is 1. The zero-order chi connectivity index (χ0) is 14.3. The Balaban J connectivity index is 2.32. The van der Waals surface area contributed by atoms with Crippen molar-refractivity contribution in [2.24, 2.45) is 0 Å². The zero-order valence-corrected chi connectivity index (χ0v) is 12.1. The monoisotopic (exact) mass is 286 g/mol. The largest absolute Gasteiger partial charge is 0.384 e. The Morgan fingerprint density at radius 1 is 1.15 bits per heavy atom. The summed E-state index contributed by atoms with van der Waals surface area (Å²) in [5.41, 5.74) is 8.45. The summed E-state index contributed by atoms with van der Waals surface area (Å²) in [6, 6.07) is 11.5. The first-order valence-corrected chi connectivity index (χ1v) is 6.84. The third kappa shape index (κ3) is 2.12. The van der Waals surface area contributed by atoms with Crippen LogP contribution in [0.4, 0.5) is 5.82 Å². The second kappa shape index (κ2) is 4.80. The van der Waals surface area contributed by atoms with Crippen LogP contribution in [-0.4, -0.2) is 14.5 Å². The summed E-state index contributed by atoms with van der Waals surface area (Å²) >= 11 is 6.10. The number of hydrogen-bond acceptors (Lipinski definition) is 3. The van der Waals surface area contributed by atoms with E-state index in [2.05, 4.69) is 28.4 Å².